The first-order valence-corrected chi connectivity index (χ1v) is 12.8. The van der Waals surface area contributed by atoms with Gasteiger partial charge in [-0.15, -0.1) is 6.58 Å². The topological polar surface area (TPSA) is 95.9 Å². The Labute approximate surface area is 204 Å². The van der Waals surface area contributed by atoms with Crippen LogP contribution < -0.4 is 5.32 Å². The lowest BCUT2D eigenvalue weighted by Gasteiger charge is -2.61. The molecule has 2 unspecified atom stereocenters. The van der Waals surface area contributed by atoms with E-state index in [1.807, 2.05) is 25.9 Å². The quantitative estimate of drug-likeness (QED) is 0.333. The maximum atomic E-state index is 13.4. The first-order valence-electron chi connectivity index (χ1n) is 12.8. The van der Waals surface area contributed by atoms with Gasteiger partial charge in [0.25, 0.3) is 0 Å². The van der Waals surface area contributed by atoms with E-state index in [-0.39, 0.29) is 41.3 Å². The highest BCUT2D eigenvalue weighted by Gasteiger charge is 2.68. The van der Waals surface area contributed by atoms with Crippen LogP contribution in [0.25, 0.3) is 0 Å². The second-order valence-electron chi connectivity index (χ2n) is 11.9. The van der Waals surface area contributed by atoms with Gasteiger partial charge in [-0.3, -0.25) is 14.4 Å². The first-order chi connectivity index (χ1) is 15.8. The largest absolute Gasteiger partial charge is 0.461 e. The molecule has 3 saturated carbocycles. The van der Waals surface area contributed by atoms with Crippen LogP contribution in [0.1, 0.15) is 66.2 Å². The van der Waals surface area contributed by atoms with Gasteiger partial charge in [-0.05, 0) is 57.0 Å². The second-order valence-corrected chi connectivity index (χ2v) is 11.9. The maximum absolute atomic E-state index is 13.4. The molecule has 0 spiro atoms. The molecular weight excluding hydrogens is 432 g/mol. The molecule has 0 aromatic rings. The molecule has 0 heterocycles. The minimum atomic E-state index is -0.702. The van der Waals surface area contributed by atoms with Crippen molar-refractivity contribution in [1.82, 2.24) is 10.2 Å². The molecule has 0 aromatic carbocycles. The number of amides is 1. The predicted octanol–water partition coefficient (Wildman–Crippen LogP) is 2.96. The van der Waals surface area contributed by atoms with Crippen molar-refractivity contribution in [3.05, 3.63) is 12.7 Å². The van der Waals surface area contributed by atoms with Gasteiger partial charge in [0.2, 0.25) is 5.91 Å². The minimum absolute atomic E-state index is 0.0714. The van der Waals surface area contributed by atoms with Gasteiger partial charge in [-0.25, -0.2) is 0 Å². The average Bonchev–Trinajstić information content (AvgIpc) is 3.12. The molecule has 7 heteroatoms. The Bertz CT molecular complexity index is 828. The molecule has 7 nitrogen and oxygen atoms in total. The zero-order valence-electron chi connectivity index (χ0n) is 21.9. The lowest BCUT2D eigenvalue weighted by atomic mass is 9.44. The van der Waals surface area contributed by atoms with Crippen LogP contribution in [0.2, 0.25) is 0 Å². The fourth-order valence-electron chi connectivity index (χ4n) is 7.31. The highest BCUT2D eigenvalue weighted by atomic mass is 16.5. The number of esters is 1. The van der Waals surface area contributed by atoms with Crippen molar-refractivity contribution in [3.63, 3.8) is 0 Å². The Hall–Kier alpha value is -1.73. The molecule has 0 aromatic heterocycles. The molecule has 3 rings (SSSR count). The minimum Gasteiger partial charge on any atom is -0.461 e. The summed E-state index contributed by atoms with van der Waals surface area (Å²) in [6, 6.07) is 0. The number of carbonyl (C=O) groups excluding carboxylic acids is 3. The molecule has 34 heavy (non-hydrogen) atoms. The molecule has 0 radical (unpaired) electrons. The SMILES string of the molecule is C=C[C@]1(C)C[C@@H](OC(=O)CC(=O)NCCN(C)C)[C@]2(C)C(C)CC[C@]3(CCC(=O)C32)[C@@H](C)[C@@H]1O. The zero-order valence-corrected chi connectivity index (χ0v) is 21.9. The highest BCUT2D eigenvalue weighted by Crippen LogP contribution is 2.67. The van der Waals surface area contributed by atoms with E-state index in [0.717, 1.165) is 19.3 Å². The average molecular weight is 477 g/mol. The second kappa shape index (κ2) is 9.73. The smallest absolute Gasteiger partial charge is 0.315 e. The van der Waals surface area contributed by atoms with Gasteiger partial charge in [0.15, 0.2) is 0 Å². The highest BCUT2D eigenvalue weighted by molar-refractivity contribution is 5.94. The summed E-state index contributed by atoms with van der Waals surface area (Å²) in [5.41, 5.74) is -1.56. The van der Waals surface area contributed by atoms with E-state index in [2.05, 4.69) is 32.7 Å². The summed E-state index contributed by atoms with van der Waals surface area (Å²) in [6.45, 7) is 13.5. The summed E-state index contributed by atoms with van der Waals surface area (Å²) < 4.78 is 6.10. The Balaban J connectivity index is 1.93. The number of aliphatic hydroxyl groups excluding tert-OH is 1. The molecule has 3 aliphatic rings. The number of rotatable bonds is 7. The number of aliphatic hydroxyl groups is 1. The van der Waals surface area contributed by atoms with Crippen LogP contribution >= 0.6 is 0 Å². The number of hydrogen-bond donors (Lipinski definition) is 2. The van der Waals surface area contributed by atoms with Crippen molar-refractivity contribution < 1.29 is 24.2 Å². The molecule has 2 bridgehead atoms. The van der Waals surface area contributed by atoms with E-state index in [0.29, 0.717) is 25.9 Å². The molecular formula is C27H44N2O5. The third kappa shape index (κ3) is 4.46. The fraction of sp³-hybridized carbons (Fsp3) is 0.815. The monoisotopic (exact) mass is 476 g/mol. The van der Waals surface area contributed by atoms with Gasteiger partial charge in [0.1, 0.15) is 18.3 Å². The maximum Gasteiger partial charge on any atom is 0.315 e. The molecule has 3 aliphatic carbocycles. The molecule has 0 saturated heterocycles. The van der Waals surface area contributed by atoms with E-state index in [4.69, 9.17) is 4.74 Å². The van der Waals surface area contributed by atoms with E-state index in [1.165, 1.54) is 0 Å². The molecule has 2 N–H and O–H groups in total. The van der Waals surface area contributed by atoms with Crippen LogP contribution in [0.3, 0.4) is 0 Å². The molecule has 0 aliphatic heterocycles. The summed E-state index contributed by atoms with van der Waals surface area (Å²) in [7, 11) is 3.83. The standard InChI is InChI=1S/C27H44N2O5/c1-8-25(4)16-20(34-22(32)15-21(31)28-13-14-29(6)7)26(5)17(2)9-11-27(18(3)24(25)33)12-10-19(30)23(26)27/h8,17-18,20,23-24,33H,1,9-16H2,2-7H3,(H,28,31)/t17?,18-,20+,23?,24-,25+,26-,27-/m0/s1. The number of ketones is 1. The molecule has 8 atom stereocenters. The first kappa shape index (κ1) is 26.9. The van der Waals surface area contributed by atoms with Crippen LogP contribution in [0, 0.1) is 34.0 Å². The number of hydrogen-bond acceptors (Lipinski definition) is 6. The third-order valence-electron chi connectivity index (χ3n) is 9.76. The van der Waals surface area contributed by atoms with E-state index >= 15 is 0 Å². The summed E-state index contributed by atoms with van der Waals surface area (Å²) in [6.07, 6.45) is 3.57. The molecule has 3 fully saturated rings. The summed E-state index contributed by atoms with van der Waals surface area (Å²) in [4.78, 5) is 40.6. The Morgan fingerprint density at radius 3 is 2.56 bits per heavy atom. The third-order valence-corrected chi connectivity index (χ3v) is 9.76. The van der Waals surface area contributed by atoms with E-state index < -0.39 is 29.0 Å². The van der Waals surface area contributed by atoms with Crippen molar-refractivity contribution in [2.75, 3.05) is 27.2 Å². The zero-order chi connectivity index (χ0) is 25.5. The molecule has 192 valence electrons. The van der Waals surface area contributed by atoms with E-state index in [9.17, 15) is 19.5 Å². The summed E-state index contributed by atoms with van der Waals surface area (Å²) in [5, 5.41) is 14.3. The number of ether oxygens (including phenoxy) is 1. The van der Waals surface area contributed by atoms with Crippen molar-refractivity contribution in [3.8, 4) is 0 Å². The number of Topliss-reactive ketones (excluding diaryl/α,β-unsaturated/α-hetero) is 1. The normalized spacial score (nSPS) is 41.9. The van der Waals surface area contributed by atoms with E-state index in [1.54, 1.807) is 6.08 Å². The number of nitrogens with zero attached hydrogens (tertiary/aromatic N) is 1. The van der Waals surface area contributed by atoms with Gasteiger partial charge in [-0.1, -0.05) is 33.8 Å². The van der Waals surface area contributed by atoms with Crippen LogP contribution in [0.4, 0.5) is 0 Å². The van der Waals surface area contributed by atoms with Crippen molar-refractivity contribution in [1.29, 1.82) is 0 Å². The summed E-state index contributed by atoms with van der Waals surface area (Å²) >= 11 is 0. The Morgan fingerprint density at radius 2 is 1.94 bits per heavy atom. The van der Waals surface area contributed by atoms with Crippen LogP contribution in [-0.2, 0) is 19.1 Å². The molecule has 1 amide bonds. The van der Waals surface area contributed by atoms with Gasteiger partial charge >= 0.3 is 5.97 Å². The number of likely N-dealkylation sites (N-methyl/N-ethyl adjacent to an activating group) is 1. The number of nitrogens with one attached hydrogen (secondary N) is 1. The fourth-order valence-corrected chi connectivity index (χ4v) is 7.31. The van der Waals surface area contributed by atoms with Crippen LogP contribution in [0.15, 0.2) is 12.7 Å². The van der Waals surface area contributed by atoms with Gasteiger partial charge in [0.05, 0.1) is 6.10 Å². The van der Waals surface area contributed by atoms with Crippen molar-refractivity contribution in [2.24, 2.45) is 34.0 Å². The number of carbonyl (C=O) groups is 3. The van der Waals surface area contributed by atoms with Gasteiger partial charge in [-0.2, -0.15) is 0 Å². The van der Waals surface area contributed by atoms with Crippen molar-refractivity contribution in [2.45, 2.75) is 78.4 Å². The lowest BCUT2D eigenvalue weighted by Crippen LogP contribution is -2.63. The predicted molar refractivity (Wildman–Crippen MR) is 131 cm³/mol. The summed E-state index contributed by atoms with van der Waals surface area (Å²) in [5.74, 6) is -0.913. The Morgan fingerprint density at radius 1 is 1.26 bits per heavy atom. The van der Waals surface area contributed by atoms with Crippen molar-refractivity contribution >= 4 is 17.7 Å². The van der Waals surface area contributed by atoms with Gasteiger partial charge in [0, 0.05) is 36.3 Å². The van der Waals surface area contributed by atoms with Gasteiger partial charge < -0.3 is 20.1 Å². The Kier molecular flexibility index (Phi) is 7.69. The van der Waals surface area contributed by atoms with Crippen LogP contribution in [-0.4, -0.2) is 67.1 Å². The lowest BCUT2D eigenvalue weighted by molar-refractivity contribution is -0.206. The van der Waals surface area contributed by atoms with Crippen LogP contribution in [0.5, 0.6) is 0 Å².